The van der Waals surface area contributed by atoms with Gasteiger partial charge in [-0.05, 0) is 60.9 Å². The molecule has 0 fully saturated rings. The highest BCUT2D eigenvalue weighted by Crippen LogP contribution is 2.38. The summed E-state index contributed by atoms with van der Waals surface area (Å²) in [5.74, 6) is 0. The van der Waals surface area contributed by atoms with Crippen molar-refractivity contribution in [2.45, 2.75) is 26.3 Å². The van der Waals surface area contributed by atoms with Crippen molar-refractivity contribution in [3.05, 3.63) is 98.5 Å². The zero-order valence-corrected chi connectivity index (χ0v) is 17.6. The number of anilines is 1. The average molecular weight is 440 g/mol. The van der Waals surface area contributed by atoms with E-state index in [1.54, 1.807) is 0 Å². The van der Waals surface area contributed by atoms with E-state index in [4.69, 9.17) is 16.7 Å². The Kier molecular flexibility index (Phi) is 5.07. The summed E-state index contributed by atoms with van der Waals surface area (Å²) in [5.41, 5.74) is 7.10. The maximum Gasteiger partial charge on any atom is 0.0831 e. The van der Waals surface area contributed by atoms with E-state index in [1.165, 1.54) is 16.7 Å². The Bertz CT molecular complexity index is 994. The van der Waals surface area contributed by atoms with Crippen LogP contribution in [0.15, 0.2) is 76.3 Å². The molecule has 0 aromatic heterocycles. The number of hydrazone groups is 1. The molecule has 0 saturated heterocycles. The van der Waals surface area contributed by atoms with Crippen molar-refractivity contribution >= 4 is 38.9 Å². The number of hydrogen-bond acceptors (Lipinski definition) is 2. The first-order valence-corrected chi connectivity index (χ1v) is 10.1. The van der Waals surface area contributed by atoms with Gasteiger partial charge in [-0.3, -0.25) is 5.01 Å². The third-order valence-corrected chi connectivity index (χ3v) is 5.72. The molecule has 4 heteroatoms. The lowest BCUT2D eigenvalue weighted by atomic mass is 9.98. The molecule has 1 aliphatic rings. The van der Waals surface area contributed by atoms with Gasteiger partial charge in [0.05, 0.1) is 17.4 Å². The highest BCUT2D eigenvalue weighted by molar-refractivity contribution is 9.10. The quantitative estimate of drug-likeness (QED) is 0.426. The van der Waals surface area contributed by atoms with E-state index < -0.39 is 0 Å². The van der Waals surface area contributed by atoms with Gasteiger partial charge in [0.15, 0.2) is 0 Å². The Labute approximate surface area is 173 Å². The van der Waals surface area contributed by atoms with Crippen LogP contribution in [0.4, 0.5) is 5.69 Å². The number of hydrogen-bond donors (Lipinski definition) is 0. The summed E-state index contributed by atoms with van der Waals surface area (Å²) in [5, 5.41) is 7.94. The Balaban J connectivity index is 1.78. The molecule has 1 atom stereocenters. The summed E-state index contributed by atoms with van der Waals surface area (Å²) in [6.07, 6.45) is 0.858. The average Bonchev–Trinajstić information content (AvgIpc) is 3.08. The van der Waals surface area contributed by atoms with Crippen molar-refractivity contribution < 1.29 is 0 Å². The predicted octanol–water partition coefficient (Wildman–Crippen LogP) is 7.08. The van der Waals surface area contributed by atoms with Gasteiger partial charge in [-0.25, -0.2) is 0 Å². The van der Waals surface area contributed by atoms with Gasteiger partial charge in [0.2, 0.25) is 0 Å². The minimum absolute atomic E-state index is 0.171. The first kappa shape index (κ1) is 18.3. The fourth-order valence-electron chi connectivity index (χ4n) is 3.56. The molecule has 0 amide bonds. The molecular weight excluding hydrogens is 420 g/mol. The topological polar surface area (TPSA) is 15.6 Å². The lowest BCUT2D eigenvalue weighted by molar-refractivity contribution is 0.706. The second-order valence-corrected chi connectivity index (χ2v) is 8.31. The second-order valence-electron chi connectivity index (χ2n) is 6.96. The number of nitrogens with zero attached hydrogens (tertiary/aromatic N) is 2. The molecule has 0 spiro atoms. The van der Waals surface area contributed by atoms with Crippen LogP contribution < -0.4 is 5.01 Å². The van der Waals surface area contributed by atoms with Crippen molar-refractivity contribution in [1.82, 2.24) is 0 Å². The lowest BCUT2D eigenvalue weighted by Crippen LogP contribution is -2.19. The molecule has 0 unspecified atom stereocenters. The van der Waals surface area contributed by atoms with Crippen LogP contribution >= 0.6 is 27.5 Å². The monoisotopic (exact) mass is 438 g/mol. The number of rotatable bonds is 3. The van der Waals surface area contributed by atoms with Crippen LogP contribution in [0.1, 0.15) is 34.7 Å². The van der Waals surface area contributed by atoms with E-state index in [1.807, 2.05) is 24.3 Å². The summed E-state index contributed by atoms with van der Waals surface area (Å²) in [4.78, 5) is 0. The van der Waals surface area contributed by atoms with Crippen molar-refractivity contribution in [1.29, 1.82) is 0 Å². The van der Waals surface area contributed by atoms with E-state index in [9.17, 15) is 0 Å². The van der Waals surface area contributed by atoms with E-state index in [2.05, 4.69) is 77.3 Å². The lowest BCUT2D eigenvalue weighted by Gasteiger charge is -2.25. The fourth-order valence-corrected chi connectivity index (χ4v) is 3.95. The van der Waals surface area contributed by atoms with Crippen molar-refractivity contribution in [2.75, 3.05) is 5.01 Å². The van der Waals surface area contributed by atoms with Gasteiger partial charge in [-0.1, -0.05) is 69.5 Å². The van der Waals surface area contributed by atoms with E-state index >= 15 is 0 Å². The largest absolute Gasteiger partial charge is 0.257 e. The van der Waals surface area contributed by atoms with Crippen LogP contribution in [0.3, 0.4) is 0 Å². The zero-order valence-electron chi connectivity index (χ0n) is 15.3. The molecule has 0 radical (unpaired) electrons. The van der Waals surface area contributed by atoms with Crippen LogP contribution in [-0.4, -0.2) is 5.71 Å². The molecule has 0 aliphatic carbocycles. The number of halogens is 2. The van der Waals surface area contributed by atoms with Crippen LogP contribution in [-0.2, 0) is 0 Å². The van der Waals surface area contributed by atoms with Gasteiger partial charge in [0, 0.05) is 15.9 Å². The normalized spacial score (nSPS) is 16.5. The minimum atomic E-state index is 0.171. The number of benzene rings is 3. The van der Waals surface area contributed by atoms with Crippen molar-refractivity contribution in [2.24, 2.45) is 5.10 Å². The van der Waals surface area contributed by atoms with Gasteiger partial charge in [0.25, 0.3) is 0 Å². The maximum absolute atomic E-state index is 6.06. The van der Waals surface area contributed by atoms with Crippen LogP contribution in [0.2, 0.25) is 5.02 Å². The first-order valence-electron chi connectivity index (χ1n) is 8.96. The van der Waals surface area contributed by atoms with E-state index in [-0.39, 0.29) is 6.04 Å². The SMILES string of the molecule is Cc1ccc(N2N=C(c3ccc(Cl)cc3)C[C@@H]2c2ccc(Br)cc2)c(C)c1. The summed E-state index contributed by atoms with van der Waals surface area (Å²) >= 11 is 9.60. The molecule has 1 heterocycles. The maximum atomic E-state index is 6.06. The summed E-state index contributed by atoms with van der Waals surface area (Å²) in [6, 6.07) is 23.2. The molecule has 0 bridgehead atoms. The van der Waals surface area contributed by atoms with Crippen molar-refractivity contribution in [3.8, 4) is 0 Å². The highest BCUT2D eigenvalue weighted by atomic mass is 79.9. The van der Waals surface area contributed by atoms with Gasteiger partial charge < -0.3 is 0 Å². The molecule has 0 N–H and O–H groups in total. The summed E-state index contributed by atoms with van der Waals surface area (Å²) in [7, 11) is 0. The fraction of sp³-hybridized carbons (Fsp3) is 0.174. The van der Waals surface area contributed by atoms with Crippen LogP contribution in [0, 0.1) is 13.8 Å². The van der Waals surface area contributed by atoms with Crippen molar-refractivity contribution in [3.63, 3.8) is 0 Å². The van der Waals surface area contributed by atoms with Gasteiger partial charge in [-0.2, -0.15) is 5.10 Å². The molecule has 136 valence electrons. The van der Waals surface area contributed by atoms with Gasteiger partial charge >= 0.3 is 0 Å². The molecule has 27 heavy (non-hydrogen) atoms. The molecule has 4 rings (SSSR count). The van der Waals surface area contributed by atoms with E-state index in [0.717, 1.165) is 32.9 Å². The first-order chi connectivity index (χ1) is 13.0. The van der Waals surface area contributed by atoms with E-state index in [0.29, 0.717) is 0 Å². The minimum Gasteiger partial charge on any atom is -0.257 e. The molecular formula is C23H20BrClN2. The van der Waals surface area contributed by atoms with Gasteiger partial charge in [-0.15, -0.1) is 0 Å². The summed E-state index contributed by atoms with van der Waals surface area (Å²) < 4.78 is 1.08. The second kappa shape index (κ2) is 7.49. The zero-order chi connectivity index (χ0) is 19.0. The standard InChI is InChI=1S/C23H20BrClN2/c1-15-3-12-22(16(2)13-15)27-23(18-4-8-19(24)9-5-18)14-21(26-27)17-6-10-20(25)11-7-17/h3-13,23H,14H2,1-2H3/t23-/m1/s1. The van der Waals surface area contributed by atoms with Crippen LogP contribution in [0.25, 0.3) is 0 Å². The Hall–Kier alpha value is -2.10. The Morgan fingerprint density at radius 3 is 2.33 bits per heavy atom. The summed E-state index contributed by atoms with van der Waals surface area (Å²) in [6.45, 7) is 4.27. The highest BCUT2D eigenvalue weighted by Gasteiger charge is 2.30. The molecule has 2 nitrogen and oxygen atoms in total. The molecule has 1 aliphatic heterocycles. The Morgan fingerprint density at radius 1 is 0.963 bits per heavy atom. The predicted molar refractivity (Wildman–Crippen MR) is 118 cm³/mol. The smallest absolute Gasteiger partial charge is 0.0831 e. The van der Waals surface area contributed by atoms with Crippen LogP contribution in [0.5, 0.6) is 0 Å². The third-order valence-electron chi connectivity index (χ3n) is 4.94. The van der Waals surface area contributed by atoms with Gasteiger partial charge in [0.1, 0.15) is 0 Å². The molecule has 0 saturated carbocycles. The Morgan fingerprint density at radius 2 is 1.67 bits per heavy atom. The number of aryl methyl sites for hydroxylation is 2. The molecule has 3 aromatic rings. The molecule has 3 aromatic carbocycles. The third kappa shape index (κ3) is 3.80.